The van der Waals surface area contributed by atoms with Gasteiger partial charge in [0.2, 0.25) is 0 Å². The van der Waals surface area contributed by atoms with Gasteiger partial charge in [0.15, 0.2) is 0 Å². The van der Waals surface area contributed by atoms with Crippen molar-refractivity contribution in [3.8, 4) is 0 Å². The van der Waals surface area contributed by atoms with Crippen molar-refractivity contribution >= 4 is 10.8 Å². The second-order valence-corrected chi connectivity index (χ2v) is 5.09. The van der Waals surface area contributed by atoms with Crippen LogP contribution in [0.25, 0.3) is 0 Å². The molecule has 1 aromatic carbocycles. The zero-order valence-electron chi connectivity index (χ0n) is 7.12. The molecule has 0 bridgehead atoms. The molecule has 0 aromatic heterocycles. The molecule has 1 aliphatic rings. The quantitative estimate of drug-likeness (QED) is 0.597. The van der Waals surface area contributed by atoms with Gasteiger partial charge in [-0.15, -0.1) is 0 Å². The summed E-state index contributed by atoms with van der Waals surface area (Å²) in [7, 11) is -0.760. The van der Waals surface area contributed by atoms with Crippen LogP contribution in [-0.4, -0.2) is 9.46 Å². The first kappa shape index (κ1) is 7.99. The molecule has 0 saturated heterocycles. The Bertz CT molecular complexity index is 319. The van der Waals surface area contributed by atoms with E-state index >= 15 is 0 Å². The first-order chi connectivity index (χ1) is 5.79. The zero-order chi connectivity index (χ0) is 8.55. The largest absolute Gasteiger partial charge is 0.254 e. The molecule has 2 heteroatoms. The van der Waals surface area contributed by atoms with Gasteiger partial charge in [-0.25, -0.2) is 0 Å². The smallest absolute Gasteiger partial charge is 0.0560 e. The van der Waals surface area contributed by atoms with Gasteiger partial charge in [0, 0.05) is 10.1 Å². The highest BCUT2D eigenvalue weighted by atomic mass is 32.2. The lowest BCUT2D eigenvalue weighted by atomic mass is 10.1. The number of rotatable bonds is 0. The van der Waals surface area contributed by atoms with Crippen molar-refractivity contribution in [2.75, 3.05) is 0 Å². The van der Waals surface area contributed by atoms with Crippen LogP contribution >= 0.6 is 0 Å². The van der Waals surface area contributed by atoms with Crippen LogP contribution in [0.4, 0.5) is 0 Å². The van der Waals surface area contributed by atoms with Gasteiger partial charge in [-0.2, -0.15) is 0 Å². The summed E-state index contributed by atoms with van der Waals surface area (Å²) in [5.74, 6) is 0. The minimum atomic E-state index is -0.760. The molecule has 0 amide bonds. The Hall–Kier alpha value is -0.630. The van der Waals surface area contributed by atoms with Gasteiger partial charge in [0.1, 0.15) is 0 Å². The molecule has 2 unspecified atom stereocenters. The summed E-state index contributed by atoms with van der Waals surface area (Å²) in [6.07, 6.45) is 2.15. The SMILES string of the molecule is CC1CCc2ccccc2S1=O. The maximum atomic E-state index is 11.7. The number of aryl methyl sites for hydroxylation is 1. The molecule has 2 atom stereocenters. The second kappa shape index (κ2) is 3.02. The lowest BCUT2D eigenvalue weighted by molar-refractivity contribution is 0.653. The molecular formula is C10H12OS. The van der Waals surface area contributed by atoms with Gasteiger partial charge in [-0.1, -0.05) is 25.1 Å². The van der Waals surface area contributed by atoms with Crippen molar-refractivity contribution in [2.24, 2.45) is 0 Å². The lowest BCUT2D eigenvalue weighted by Crippen LogP contribution is -2.18. The normalized spacial score (nSPS) is 28.1. The van der Waals surface area contributed by atoms with E-state index in [-0.39, 0.29) is 0 Å². The van der Waals surface area contributed by atoms with Crippen molar-refractivity contribution in [1.82, 2.24) is 0 Å². The fourth-order valence-corrected chi connectivity index (χ4v) is 3.00. The second-order valence-electron chi connectivity index (χ2n) is 3.25. The Morgan fingerprint density at radius 1 is 1.42 bits per heavy atom. The van der Waals surface area contributed by atoms with Crippen LogP contribution in [0.3, 0.4) is 0 Å². The molecule has 0 spiro atoms. The average Bonchev–Trinajstić information content (AvgIpc) is 2.12. The van der Waals surface area contributed by atoms with Crippen LogP contribution in [0, 0.1) is 0 Å². The monoisotopic (exact) mass is 180 g/mol. The third-order valence-electron chi connectivity index (χ3n) is 2.38. The number of benzene rings is 1. The number of hydrogen-bond acceptors (Lipinski definition) is 1. The Morgan fingerprint density at radius 3 is 3.00 bits per heavy atom. The summed E-state index contributed by atoms with van der Waals surface area (Å²) in [6, 6.07) is 8.06. The highest BCUT2D eigenvalue weighted by molar-refractivity contribution is 7.85. The molecule has 1 heterocycles. The molecule has 0 aliphatic carbocycles. The lowest BCUT2D eigenvalue weighted by Gasteiger charge is -2.20. The summed E-state index contributed by atoms with van der Waals surface area (Å²) in [5.41, 5.74) is 1.27. The minimum absolute atomic E-state index is 0.333. The molecule has 64 valence electrons. The van der Waals surface area contributed by atoms with Gasteiger partial charge < -0.3 is 0 Å². The molecule has 0 saturated carbocycles. The van der Waals surface area contributed by atoms with Crippen LogP contribution in [0.1, 0.15) is 18.9 Å². The Morgan fingerprint density at radius 2 is 2.17 bits per heavy atom. The van der Waals surface area contributed by atoms with Gasteiger partial charge in [-0.05, 0) is 24.5 Å². The third kappa shape index (κ3) is 1.20. The topological polar surface area (TPSA) is 17.1 Å². The first-order valence-corrected chi connectivity index (χ1v) is 5.49. The van der Waals surface area contributed by atoms with Gasteiger partial charge >= 0.3 is 0 Å². The first-order valence-electron chi connectivity index (χ1n) is 4.27. The van der Waals surface area contributed by atoms with Gasteiger partial charge in [-0.3, -0.25) is 4.21 Å². The van der Waals surface area contributed by atoms with E-state index in [2.05, 4.69) is 13.0 Å². The zero-order valence-corrected chi connectivity index (χ0v) is 7.93. The fourth-order valence-electron chi connectivity index (χ4n) is 1.59. The number of hydrogen-bond donors (Lipinski definition) is 0. The van der Waals surface area contributed by atoms with E-state index in [4.69, 9.17) is 0 Å². The van der Waals surface area contributed by atoms with E-state index in [0.717, 1.165) is 17.7 Å². The molecule has 0 N–H and O–H groups in total. The Balaban J connectivity index is 2.49. The third-order valence-corrected chi connectivity index (χ3v) is 4.17. The summed E-state index contributed by atoms with van der Waals surface area (Å²) in [5, 5.41) is 0.333. The number of fused-ring (bicyclic) bond motifs is 1. The van der Waals surface area contributed by atoms with E-state index in [1.54, 1.807) is 0 Å². The average molecular weight is 180 g/mol. The van der Waals surface area contributed by atoms with Crippen molar-refractivity contribution in [3.05, 3.63) is 29.8 Å². The van der Waals surface area contributed by atoms with Gasteiger partial charge in [0.05, 0.1) is 10.8 Å². The molecule has 1 aromatic rings. The van der Waals surface area contributed by atoms with Gasteiger partial charge in [0.25, 0.3) is 0 Å². The van der Waals surface area contributed by atoms with Crippen molar-refractivity contribution in [2.45, 2.75) is 29.9 Å². The van der Waals surface area contributed by atoms with Crippen molar-refractivity contribution in [1.29, 1.82) is 0 Å². The Kier molecular flexibility index (Phi) is 2.01. The predicted molar refractivity (Wildman–Crippen MR) is 50.6 cm³/mol. The van der Waals surface area contributed by atoms with Crippen LogP contribution < -0.4 is 0 Å². The standard InChI is InChI=1S/C10H12OS/c1-8-6-7-9-4-2-3-5-10(9)12(8)11/h2-5,8H,6-7H2,1H3. The minimum Gasteiger partial charge on any atom is -0.254 e. The van der Waals surface area contributed by atoms with Crippen molar-refractivity contribution in [3.63, 3.8) is 0 Å². The summed E-state index contributed by atoms with van der Waals surface area (Å²) in [4.78, 5) is 1.05. The van der Waals surface area contributed by atoms with E-state index < -0.39 is 10.8 Å². The van der Waals surface area contributed by atoms with E-state index in [1.807, 2.05) is 18.2 Å². The van der Waals surface area contributed by atoms with Crippen LogP contribution in [0.5, 0.6) is 0 Å². The molecular weight excluding hydrogens is 168 g/mol. The highest BCUT2D eigenvalue weighted by Gasteiger charge is 2.21. The molecule has 1 nitrogen and oxygen atoms in total. The fraction of sp³-hybridized carbons (Fsp3) is 0.400. The summed E-state index contributed by atoms with van der Waals surface area (Å²) >= 11 is 0. The summed E-state index contributed by atoms with van der Waals surface area (Å²) in [6.45, 7) is 2.06. The summed E-state index contributed by atoms with van der Waals surface area (Å²) < 4.78 is 11.7. The van der Waals surface area contributed by atoms with E-state index in [1.165, 1.54) is 5.56 Å². The van der Waals surface area contributed by atoms with Crippen LogP contribution in [-0.2, 0) is 17.2 Å². The molecule has 12 heavy (non-hydrogen) atoms. The Labute approximate surface area is 75.3 Å². The predicted octanol–water partition coefficient (Wildman–Crippen LogP) is 2.13. The maximum absolute atomic E-state index is 11.7. The molecule has 2 rings (SSSR count). The van der Waals surface area contributed by atoms with E-state index in [0.29, 0.717) is 5.25 Å². The molecule has 0 fully saturated rings. The van der Waals surface area contributed by atoms with Crippen LogP contribution in [0.15, 0.2) is 29.2 Å². The van der Waals surface area contributed by atoms with E-state index in [9.17, 15) is 4.21 Å². The molecule has 0 radical (unpaired) electrons. The molecule has 1 aliphatic heterocycles. The van der Waals surface area contributed by atoms with Crippen LogP contribution in [0.2, 0.25) is 0 Å². The van der Waals surface area contributed by atoms with Crippen molar-refractivity contribution < 1.29 is 4.21 Å². The highest BCUT2D eigenvalue weighted by Crippen LogP contribution is 2.25. The maximum Gasteiger partial charge on any atom is 0.0560 e.